The molecule has 5 heteroatoms. The number of nitrogens with one attached hydrogen (secondary N) is 1. The van der Waals surface area contributed by atoms with E-state index in [4.69, 9.17) is 5.11 Å². The number of carboxylic acid groups (broad SMARTS) is 1. The molecule has 2 amide bonds. The first kappa shape index (κ1) is 14.8. The molecule has 0 radical (unpaired) electrons. The molecule has 2 N–H and O–H groups in total. The Morgan fingerprint density at radius 1 is 1.44 bits per heavy atom. The topological polar surface area (TPSA) is 69.6 Å². The maximum Gasteiger partial charge on any atom is 0.318 e. The van der Waals surface area contributed by atoms with E-state index in [0.717, 1.165) is 19.4 Å². The zero-order valence-electron chi connectivity index (χ0n) is 11.5. The number of rotatable bonds is 5. The van der Waals surface area contributed by atoms with Gasteiger partial charge in [-0.2, -0.15) is 0 Å². The number of hydrogen-bond acceptors (Lipinski definition) is 2. The SMILES string of the molecule is CC(CCCC(=O)O)NC(=O)N1CCCC1(C)C. The summed E-state index contributed by atoms with van der Waals surface area (Å²) >= 11 is 0. The molecular weight excluding hydrogens is 232 g/mol. The van der Waals surface area contributed by atoms with Crippen molar-refractivity contribution in [2.75, 3.05) is 6.54 Å². The van der Waals surface area contributed by atoms with Gasteiger partial charge < -0.3 is 15.3 Å². The van der Waals surface area contributed by atoms with Gasteiger partial charge in [-0.3, -0.25) is 4.79 Å². The third-order valence-corrected chi connectivity index (χ3v) is 3.54. The highest BCUT2D eigenvalue weighted by atomic mass is 16.4. The van der Waals surface area contributed by atoms with Gasteiger partial charge in [0.25, 0.3) is 0 Å². The molecule has 0 aromatic carbocycles. The number of hydrogen-bond donors (Lipinski definition) is 2. The molecule has 0 bridgehead atoms. The van der Waals surface area contributed by atoms with E-state index in [0.29, 0.717) is 12.8 Å². The van der Waals surface area contributed by atoms with Gasteiger partial charge in [-0.05, 0) is 46.5 Å². The van der Waals surface area contributed by atoms with Crippen molar-refractivity contribution in [3.63, 3.8) is 0 Å². The van der Waals surface area contributed by atoms with Crippen LogP contribution in [0.2, 0.25) is 0 Å². The van der Waals surface area contributed by atoms with Crippen molar-refractivity contribution in [1.29, 1.82) is 0 Å². The van der Waals surface area contributed by atoms with Gasteiger partial charge in [-0.25, -0.2) is 4.79 Å². The highest BCUT2D eigenvalue weighted by molar-refractivity contribution is 5.75. The van der Waals surface area contributed by atoms with Crippen LogP contribution in [0.3, 0.4) is 0 Å². The van der Waals surface area contributed by atoms with Crippen molar-refractivity contribution in [2.45, 2.75) is 64.5 Å². The van der Waals surface area contributed by atoms with E-state index in [1.54, 1.807) is 0 Å². The molecule has 1 heterocycles. The fraction of sp³-hybridized carbons (Fsp3) is 0.846. The van der Waals surface area contributed by atoms with E-state index in [-0.39, 0.29) is 24.0 Å². The molecule has 0 aliphatic carbocycles. The molecule has 104 valence electrons. The molecule has 1 aliphatic heterocycles. The maximum absolute atomic E-state index is 12.1. The summed E-state index contributed by atoms with van der Waals surface area (Å²) < 4.78 is 0. The van der Waals surface area contributed by atoms with Crippen molar-refractivity contribution < 1.29 is 14.7 Å². The average molecular weight is 256 g/mol. The lowest BCUT2D eigenvalue weighted by Crippen LogP contribution is -2.50. The highest BCUT2D eigenvalue weighted by Crippen LogP contribution is 2.28. The first-order valence-electron chi connectivity index (χ1n) is 6.63. The largest absolute Gasteiger partial charge is 0.481 e. The molecular formula is C13H24N2O3. The Labute approximate surface area is 109 Å². The molecule has 0 aromatic rings. The smallest absolute Gasteiger partial charge is 0.318 e. The van der Waals surface area contributed by atoms with Crippen LogP contribution in [0.25, 0.3) is 0 Å². The van der Waals surface area contributed by atoms with Crippen LogP contribution < -0.4 is 5.32 Å². The van der Waals surface area contributed by atoms with Gasteiger partial charge in [-0.1, -0.05) is 0 Å². The predicted molar refractivity (Wildman–Crippen MR) is 69.5 cm³/mol. The number of carbonyl (C=O) groups is 2. The van der Waals surface area contributed by atoms with Crippen LogP contribution in [0.1, 0.15) is 52.9 Å². The van der Waals surface area contributed by atoms with Crippen LogP contribution in [-0.2, 0) is 4.79 Å². The minimum absolute atomic E-state index is 0.0215. The molecule has 18 heavy (non-hydrogen) atoms. The number of amides is 2. The molecule has 1 fully saturated rings. The lowest BCUT2D eigenvalue weighted by molar-refractivity contribution is -0.137. The van der Waals surface area contributed by atoms with Gasteiger partial charge in [0.05, 0.1) is 0 Å². The summed E-state index contributed by atoms with van der Waals surface area (Å²) in [6, 6.07) is -0.00595. The monoisotopic (exact) mass is 256 g/mol. The lowest BCUT2D eigenvalue weighted by atomic mass is 10.0. The summed E-state index contributed by atoms with van der Waals surface area (Å²) in [4.78, 5) is 24.3. The molecule has 1 rings (SSSR count). The zero-order valence-corrected chi connectivity index (χ0v) is 11.5. The van der Waals surface area contributed by atoms with Crippen LogP contribution in [0.5, 0.6) is 0 Å². The quantitative estimate of drug-likeness (QED) is 0.792. The fourth-order valence-electron chi connectivity index (χ4n) is 2.40. The highest BCUT2D eigenvalue weighted by Gasteiger charge is 2.35. The van der Waals surface area contributed by atoms with Crippen molar-refractivity contribution >= 4 is 12.0 Å². The van der Waals surface area contributed by atoms with Gasteiger partial charge in [0.15, 0.2) is 0 Å². The Balaban J connectivity index is 2.33. The first-order valence-corrected chi connectivity index (χ1v) is 6.63. The molecule has 1 saturated heterocycles. The van der Waals surface area contributed by atoms with Crippen LogP contribution in [0, 0.1) is 0 Å². The van der Waals surface area contributed by atoms with E-state index in [2.05, 4.69) is 19.2 Å². The van der Waals surface area contributed by atoms with Gasteiger partial charge >= 0.3 is 12.0 Å². The van der Waals surface area contributed by atoms with E-state index in [9.17, 15) is 9.59 Å². The number of carboxylic acids is 1. The third kappa shape index (κ3) is 4.20. The summed E-state index contributed by atoms with van der Waals surface area (Å²) in [6.45, 7) is 6.88. The van der Waals surface area contributed by atoms with E-state index >= 15 is 0 Å². The zero-order chi connectivity index (χ0) is 13.8. The van der Waals surface area contributed by atoms with Crippen LogP contribution >= 0.6 is 0 Å². The second kappa shape index (κ2) is 6.07. The summed E-state index contributed by atoms with van der Waals surface area (Å²) in [5.41, 5.74) is -0.0646. The van der Waals surface area contributed by atoms with Crippen LogP contribution in [0.4, 0.5) is 4.79 Å². The average Bonchev–Trinajstić information content (AvgIpc) is 2.57. The molecule has 0 aromatic heterocycles. The maximum atomic E-state index is 12.1. The Morgan fingerprint density at radius 3 is 2.61 bits per heavy atom. The Bertz CT molecular complexity index is 315. The molecule has 0 saturated carbocycles. The van der Waals surface area contributed by atoms with E-state index < -0.39 is 5.97 Å². The van der Waals surface area contributed by atoms with Crippen LogP contribution in [0.15, 0.2) is 0 Å². The minimum Gasteiger partial charge on any atom is -0.481 e. The van der Waals surface area contributed by atoms with E-state index in [1.165, 1.54) is 0 Å². The number of aliphatic carboxylic acids is 1. The molecule has 1 unspecified atom stereocenters. The number of urea groups is 1. The Morgan fingerprint density at radius 2 is 2.11 bits per heavy atom. The summed E-state index contributed by atoms with van der Waals surface area (Å²) in [5, 5.41) is 11.5. The summed E-state index contributed by atoms with van der Waals surface area (Å²) in [7, 11) is 0. The summed E-state index contributed by atoms with van der Waals surface area (Å²) in [5.74, 6) is -0.783. The second-order valence-corrected chi connectivity index (χ2v) is 5.70. The number of carbonyl (C=O) groups excluding carboxylic acids is 1. The number of likely N-dealkylation sites (tertiary alicyclic amines) is 1. The van der Waals surface area contributed by atoms with Crippen LogP contribution in [-0.4, -0.2) is 40.1 Å². The molecule has 5 nitrogen and oxygen atoms in total. The third-order valence-electron chi connectivity index (χ3n) is 3.54. The fourth-order valence-corrected chi connectivity index (χ4v) is 2.40. The normalized spacial score (nSPS) is 19.6. The van der Waals surface area contributed by atoms with Crippen molar-refractivity contribution in [2.24, 2.45) is 0 Å². The van der Waals surface area contributed by atoms with E-state index in [1.807, 2.05) is 11.8 Å². The van der Waals surface area contributed by atoms with Gasteiger partial charge in [0.2, 0.25) is 0 Å². The van der Waals surface area contributed by atoms with Gasteiger partial charge in [-0.15, -0.1) is 0 Å². The van der Waals surface area contributed by atoms with Crippen molar-refractivity contribution in [3.8, 4) is 0 Å². The van der Waals surface area contributed by atoms with Gasteiger partial charge in [0.1, 0.15) is 0 Å². The first-order chi connectivity index (χ1) is 8.33. The lowest BCUT2D eigenvalue weighted by Gasteiger charge is -2.32. The molecule has 1 aliphatic rings. The summed E-state index contributed by atoms with van der Waals surface area (Å²) in [6.07, 6.45) is 3.55. The Kier molecular flexibility index (Phi) is 4.99. The molecule has 0 spiro atoms. The van der Waals surface area contributed by atoms with Gasteiger partial charge in [0, 0.05) is 24.5 Å². The minimum atomic E-state index is -0.783. The van der Waals surface area contributed by atoms with Crippen molar-refractivity contribution in [3.05, 3.63) is 0 Å². The molecule has 1 atom stereocenters. The predicted octanol–water partition coefficient (Wildman–Crippen LogP) is 2.21. The number of nitrogens with zero attached hydrogens (tertiary/aromatic N) is 1. The van der Waals surface area contributed by atoms with Crippen molar-refractivity contribution in [1.82, 2.24) is 10.2 Å². The Hall–Kier alpha value is -1.26. The standard InChI is InChI=1S/C13H24N2O3/c1-10(6-4-7-11(16)17)14-12(18)15-9-5-8-13(15,2)3/h10H,4-9H2,1-3H3,(H,14,18)(H,16,17). The second-order valence-electron chi connectivity index (χ2n) is 5.70.